The number of hydrogen-bond acceptors (Lipinski definition) is 2. The molecule has 13 heavy (non-hydrogen) atoms. The second-order valence-corrected chi connectivity index (χ2v) is 3.55. The summed E-state index contributed by atoms with van der Waals surface area (Å²) in [7, 11) is 1.64. The van der Waals surface area contributed by atoms with Crippen LogP contribution >= 0.6 is 0 Å². The molecule has 1 aliphatic heterocycles. The standard InChI is InChI=1S/C9H18N2O2/c1-10-9(13)11-5-3-2-4-8(6-11)7-12/h8,12H,2-7H2,1H3,(H,10,13). The van der Waals surface area contributed by atoms with Crippen LogP contribution in [-0.2, 0) is 0 Å². The number of aliphatic hydroxyl groups is 1. The molecule has 1 atom stereocenters. The van der Waals surface area contributed by atoms with Gasteiger partial charge in [0.1, 0.15) is 0 Å². The second kappa shape index (κ2) is 5.07. The molecule has 1 saturated heterocycles. The third kappa shape index (κ3) is 2.88. The Labute approximate surface area is 78.9 Å². The maximum Gasteiger partial charge on any atom is 0.317 e. The fourth-order valence-electron chi connectivity index (χ4n) is 1.72. The van der Waals surface area contributed by atoms with Crippen molar-refractivity contribution in [2.24, 2.45) is 5.92 Å². The number of carbonyl (C=O) groups excluding carboxylic acids is 1. The van der Waals surface area contributed by atoms with E-state index in [1.807, 2.05) is 0 Å². The molecule has 2 N–H and O–H groups in total. The Bertz CT molecular complexity index is 173. The average Bonchev–Trinajstić information content (AvgIpc) is 2.41. The molecule has 1 heterocycles. The van der Waals surface area contributed by atoms with Crippen LogP contribution < -0.4 is 5.32 Å². The van der Waals surface area contributed by atoms with E-state index in [0.717, 1.165) is 25.8 Å². The Morgan fingerprint density at radius 2 is 2.38 bits per heavy atom. The van der Waals surface area contributed by atoms with Gasteiger partial charge in [0.25, 0.3) is 0 Å². The number of nitrogens with one attached hydrogen (secondary N) is 1. The summed E-state index contributed by atoms with van der Waals surface area (Å²) in [4.78, 5) is 13.1. The van der Waals surface area contributed by atoms with E-state index < -0.39 is 0 Å². The molecule has 4 heteroatoms. The highest BCUT2D eigenvalue weighted by molar-refractivity contribution is 5.73. The van der Waals surface area contributed by atoms with Crippen LogP contribution in [0.5, 0.6) is 0 Å². The molecule has 0 radical (unpaired) electrons. The first-order valence-corrected chi connectivity index (χ1v) is 4.85. The molecule has 0 aromatic carbocycles. The molecule has 1 aliphatic rings. The molecular weight excluding hydrogens is 168 g/mol. The Kier molecular flexibility index (Phi) is 4.02. The topological polar surface area (TPSA) is 52.6 Å². The van der Waals surface area contributed by atoms with Crippen LogP contribution in [0.15, 0.2) is 0 Å². The van der Waals surface area contributed by atoms with Gasteiger partial charge in [0.05, 0.1) is 0 Å². The van der Waals surface area contributed by atoms with Crippen molar-refractivity contribution in [2.45, 2.75) is 19.3 Å². The van der Waals surface area contributed by atoms with Crippen molar-refractivity contribution in [3.63, 3.8) is 0 Å². The van der Waals surface area contributed by atoms with Gasteiger partial charge in [-0.2, -0.15) is 0 Å². The van der Waals surface area contributed by atoms with Crippen LogP contribution in [0.25, 0.3) is 0 Å². The van der Waals surface area contributed by atoms with Gasteiger partial charge in [0, 0.05) is 26.7 Å². The zero-order chi connectivity index (χ0) is 9.68. The monoisotopic (exact) mass is 186 g/mol. The molecule has 1 unspecified atom stereocenters. The van der Waals surface area contributed by atoms with E-state index in [-0.39, 0.29) is 18.6 Å². The average molecular weight is 186 g/mol. The Morgan fingerprint density at radius 1 is 1.62 bits per heavy atom. The molecule has 0 aromatic rings. The van der Waals surface area contributed by atoms with Crippen molar-refractivity contribution < 1.29 is 9.90 Å². The van der Waals surface area contributed by atoms with Gasteiger partial charge in [-0.1, -0.05) is 6.42 Å². The lowest BCUT2D eigenvalue weighted by Crippen LogP contribution is -2.40. The molecule has 0 spiro atoms. The second-order valence-electron chi connectivity index (χ2n) is 3.55. The van der Waals surface area contributed by atoms with Gasteiger partial charge in [-0.15, -0.1) is 0 Å². The van der Waals surface area contributed by atoms with E-state index in [9.17, 15) is 4.79 Å². The Balaban J connectivity index is 2.48. The summed E-state index contributed by atoms with van der Waals surface area (Å²) in [6, 6.07) is -0.0275. The molecule has 4 nitrogen and oxygen atoms in total. The molecule has 1 fully saturated rings. The van der Waals surface area contributed by atoms with Gasteiger partial charge in [-0.3, -0.25) is 0 Å². The normalized spacial score (nSPS) is 23.8. The van der Waals surface area contributed by atoms with Crippen LogP contribution in [0.1, 0.15) is 19.3 Å². The molecular formula is C9H18N2O2. The van der Waals surface area contributed by atoms with Crippen molar-refractivity contribution in [3.05, 3.63) is 0 Å². The van der Waals surface area contributed by atoms with Crippen LogP contribution in [-0.4, -0.2) is 42.8 Å². The van der Waals surface area contributed by atoms with Crippen molar-refractivity contribution in [2.75, 3.05) is 26.7 Å². The van der Waals surface area contributed by atoms with Crippen LogP contribution in [0.4, 0.5) is 4.79 Å². The van der Waals surface area contributed by atoms with E-state index in [2.05, 4.69) is 5.32 Å². The molecule has 0 saturated carbocycles. The number of likely N-dealkylation sites (tertiary alicyclic amines) is 1. The molecule has 76 valence electrons. The third-order valence-electron chi connectivity index (χ3n) is 2.53. The van der Waals surface area contributed by atoms with Gasteiger partial charge in [-0.05, 0) is 18.8 Å². The zero-order valence-electron chi connectivity index (χ0n) is 8.12. The van der Waals surface area contributed by atoms with E-state index in [4.69, 9.17) is 5.11 Å². The molecule has 0 bridgehead atoms. The summed E-state index contributed by atoms with van der Waals surface area (Å²) in [5.41, 5.74) is 0. The van der Waals surface area contributed by atoms with Crippen molar-refractivity contribution in [1.82, 2.24) is 10.2 Å². The van der Waals surface area contributed by atoms with Gasteiger partial charge in [0.15, 0.2) is 0 Å². The smallest absolute Gasteiger partial charge is 0.317 e. The maximum absolute atomic E-state index is 11.3. The Morgan fingerprint density at radius 3 is 3.00 bits per heavy atom. The summed E-state index contributed by atoms with van der Waals surface area (Å²) < 4.78 is 0. The summed E-state index contributed by atoms with van der Waals surface area (Å²) >= 11 is 0. The third-order valence-corrected chi connectivity index (χ3v) is 2.53. The highest BCUT2D eigenvalue weighted by Gasteiger charge is 2.20. The van der Waals surface area contributed by atoms with E-state index >= 15 is 0 Å². The number of carbonyl (C=O) groups is 1. The maximum atomic E-state index is 11.3. The van der Waals surface area contributed by atoms with Crippen molar-refractivity contribution >= 4 is 6.03 Å². The van der Waals surface area contributed by atoms with Crippen molar-refractivity contribution in [1.29, 1.82) is 0 Å². The predicted octanol–water partition coefficient (Wildman–Crippen LogP) is 0.420. The van der Waals surface area contributed by atoms with E-state index in [1.54, 1.807) is 11.9 Å². The lowest BCUT2D eigenvalue weighted by molar-refractivity contribution is 0.169. The summed E-state index contributed by atoms with van der Waals surface area (Å²) in [6.45, 7) is 1.69. The first-order valence-electron chi connectivity index (χ1n) is 4.85. The van der Waals surface area contributed by atoms with Gasteiger partial charge >= 0.3 is 6.03 Å². The zero-order valence-corrected chi connectivity index (χ0v) is 8.12. The van der Waals surface area contributed by atoms with E-state index in [1.165, 1.54) is 0 Å². The van der Waals surface area contributed by atoms with Crippen LogP contribution in [0.3, 0.4) is 0 Å². The number of nitrogens with zero attached hydrogens (tertiary/aromatic N) is 1. The summed E-state index contributed by atoms with van der Waals surface area (Å²) in [5, 5.41) is 11.6. The highest BCUT2D eigenvalue weighted by Crippen LogP contribution is 2.15. The molecule has 2 amide bonds. The molecule has 1 rings (SSSR count). The SMILES string of the molecule is CNC(=O)N1CCCCC(CO)C1. The number of hydrogen-bond donors (Lipinski definition) is 2. The lowest BCUT2D eigenvalue weighted by Gasteiger charge is -2.22. The highest BCUT2D eigenvalue weighted by atomic mass is 16.3. The minimum atomic E-state index is -0.0275. The lowest BCUT2D eigenvalue weighted by atomic mass is 10.1. The molecule has 0 aromatic heterocycles. The largest absolute Gasteiger partial charge is 0.396 e. The van der Waals surface area contributed by atoms with Crippen molar-refractivity contribution in [3.8, 4) is 0 Å². The summed E-state index contributed by atoms with van der Waals surface area (Å²) in [6.07, 6.45) is 3.19. The van der Waals surface area contributed by atoms with Gasteiger partial charge in [0.2, 0.25) is 0 Å². The minimum Gasteiger partial charge on any atom is -0.396 e. The predicted molar refractivity (Wildman–Crippen MR) is 50.5 cm³/mol. The first-order chi connectivity index (χ1) is 6.27. The van der Waals surface area contributed by atoms with Crippen LogP contribution in [0, 0.1) is 5.92 Å². The van der Waals surface area contributed by atoms with Gasteiger partial charge < -0.3 is 15.3 Å². The molecule has 0 aliphatic carbocycles. The fourth-order valence-corrected chi connectivity index (χ4v) is 1.72. The number of amides is 2. The fraction of sp³-hybridized carbons (Fsp3) is 0.889. The first kappa shape index (κ1) is 10.3. The number of aliphatic hydroxyl groups excluding tert-OH is 1. The number of urea groups is 1. The quantitative estimate of drug-likeness (QED) is 0.623. The van der Waals surface area contributed by atoms with E-state index in [0.29, 0.717) is 6.54 Å². The minimum absolute atomic E-state index is 0.0275. The van der Waals surface area contributed by atoms with Crippen LogP contribution in [0.2, 0.25) is 0 Å². The summed E-state index contributed by atoms with van der Waals surface area (Å²) in [5.74, 6) is 0.264. The van der Waals surface area contributed by atoms with Gasteiger partial charge in [-0.25, -0.2) is 4.79 Å². The number of rotatable bonds is 1. The Hall–Kier alpha value is -0.770.